The Morgan fingerprint density at radius 1 is 1.27 bits per heavy atom. The number of carboxylic acid groups (broad SMARTS) is 1. The maximum absolute atomic E-state index is 13.8. The molecule has 1 aromatic rings. The van der Waals surface area contributed by atoms with Gasteiger partial charge in [-0.2, -0.15) is 0 Å². The normalized spacial score (nSPS) is 16.6. The Labute approximate surface area is 147 Å². The highest BCUT2D eigenvalue weighted by Crippen LogP contribution is 2.25. The number of urea groups is 1. The molecule has 0 aliphatic carbocycles. The van der Waals surface area contributed by atoms with Gasteiger partial charge in [0, 0.05) is 26.1 Å². The van der Waals surface area contributed by atoms with Crippen molar-refractivity contribution in [3.63, 3.8) is 0 Å². The first kappa shape index (κ1) is 19.3. The van der Waals surface area contributed by atoms with E-state index in [-0.39, 0.29) is 37.4 Å². The van der Waals surface area contributed by atoms with Gasteiger partial charge in [0.05, 0.1) is 12.1 Å². The van der Waals surface area contributed by atoms with E-state index in [4.69, 9.17) is 5.11 Å². The molecule has 4 amide bonds. The summed E-state index contributed by atoms with van der Waals surface area (Å²) >= 11 is 0. The molecule has 0 aromatic heterocycles. The average Bonchev–Trinajstić information content (AvgIpc) is 2.84. The van der Waals surface area contributed by atoms with E-state index in [1.807, 2.05) is 0 Å². The smallest absolute Gasteiger partial charge is 0.329 e. The molecule has 0 bridgehead atoms. The van der Waals surface area contributed by atoms with Gasteiger partial charge in [-0.15, -0.1) is 0 Å². The molecule has 1 aromatic carbocycles. The van der Waals surface area contributed by atoms with E-state index in [9.17, 15) is 28.0 Å². The fraction of sp³-hybridized carbons (Fsp3) is 0.375. The molecule has 0 spiro atoms. The van der Waals surface area contributed by atoms with Crippen molar-refractivity contribution in [2.45, 2.75) is 25.3 Å². The Morgan fingerprint density at radius 3 is 2.58 bits per heavy atom. The number of carbonyl (C=O) groups is 4. The molecular weight excluding hydrogens is 352 g/mol. The summed E-state index contributed by atoms with van der Waals surface area (Å²) in [5, 5.41) is 10.9. The largest absolute Gasteiger partial charge is 0.481 e. The van der Waals surface area contributed by atoms with E-state index < -0.39 is 35.6 Å². The van der Waals surface area contributed by atoms with E-state index >= 15 is 0 Å². The lowest BCUT2D eigenvalue weighted by atomic mass is 10.1. The average molecular weight is 369 g/mol. The molecule has 26 heavy (non-hydrogen) atoms. The molecule has 140 valence electrons. The summed E-state index contributed by atoms with van der Waals surface area (Å²) in [6.07, 6.45) is -0.342. The van der Waals surface area contributed by atoms with Crippen LogP contribution in [0.2, 0.25) is 0 Å². The van der Waals surface area contributed by atoms with Gasteiger partial charge < -0.3 is 15.3 Å². The van der Waals surface area contributed by atoms with Gasteiger partial charge in [0.2, 0.25) is 5.91 Å². The number of carbonyl (C=O) groups excluding carboxylic acids is 3. The number of amides is 4. The Kier molecular flexibility index (Phi) is 5.86. The van der Waals surface area contributed by atoms with Crippen molar-refractivity contribution in [3.8, 4) is 0 Å². The molecule has 2 N–H and O–H groups in total. The number of hydrogen-bond acceptors (Lipinski definition) is 4. The first-order valence-corrected chi connectivity index (χ1v) is 7.76. The van der Waals surface area contributed by atoms with Gasteiger partial charge in [0.25, 0.3) is 5.91 Å². The van der Waals surface area contributed by atoms with Crippen molar-refractivity contribution in [2.24, 2.45) is 0 Å². The van der Waals surface area contributed by atoms with Crippen LogP contribution in [0.5, 0.6) is 0 Å². The molecule has 10 heteroatoms. The van der Waals surface area contributed by atoms with Crippen molar-refractivity contribution in [2.75, 3.05) is 18.5 Å². The van der Waals surface area contributed by atoms with Gasteiger partial charge in [-0.3, -0.25) is 14.4 Å². The van der Waals surface area contributed by atoms with Crippen LogP contribution in [0.4, 0.5) is 19.3 Å². The van der Waals surface area contributed by atoms with Crippen LogP contribution in [0.1, 0.15) is 19.3 Å². The number of nitrogens with one attached hydrogen (secondary N) is 1. The topological polar surface area (TPSA) is 107 Å². The maximum Gasteiger partial charge on any atom is 0.329 e. The summed E-state index contributed by atoms with van der Waals surface area (Å²) in [5.41, 5.74) is -0.374. The van der Waals surface area contributed by atoms with E-state index in [2.05, 4.69) is 5.32 Å². The molecule has 0 unspecified atom stereocenters. The molecule has 0 saturated carbocycles. The maximum atomic E-state index is 13.8. The summed E-state index contributed by atoms with van der Waals surface area (Å²) < 4.78 is 26.8. The fourth-order valence-electron chi connectivity index (χ4n) is 2.46. The molecule has 1 aliphatic rings. The van der Waals surface area contributed by atoms with Crippen LogP contribution in [-0.2, 0) is 14.4 Å². The Bertz CT molecular complexity index is 755. The van der Waals surface area contributed by atoms with Gasteiger partial charge in [0.1, 0.15) is 17.7 Å². The Hall–Kier alpha value is -3.04. The lowest BCUT2D eigenvalue weighted by molar-refractivity contribution is -0.138. The number of aliphatic carboxylic acids is 1. The van der Waals surface area contributed by atoms with Crippen LogP contribution in [0.25, 0.3) is 0 Å². The molecule has 1 heterocycles. The first-order valence-electron chi connectivity index (χ1n) is 7.76. The van der Waals surface area contributed by atoms with Crippen molar-refractivity contribution in [1.29, 1.82) is 0 Å². The van der Waals surface area contributed by atoms with E-state index in [1.165, 1.54) is 11.9 Å². The molecule has 1 saturated heterocycles. The molecule has 0 radical (unpaired) electrons. The predicted octanol–water partition coefficient (Wildman–Crippen LogP) is 1.10. The quantitative estimate of drug-likeness (QED) is 0.700. The summed E-state index contributed by atoms with van der Waals surface area (Å²) in [7, 11) is 1.43. The second-order valence-electron chi connectivity index (χ2n) is 5.77. The Morgan fingerprint density at radius 2 is 1.96 bits per heavy atom. The number of imide groups is 1. The van der Waals surface area contributed by atoms with Gasteiger partial charge >= 0.3 is 12.0 Å². The van der Waals surface area contributed by atoms with Crippen molar-refractivity contribution < 1.29 is 33.1 Å². The fourth-order valence-corrected chi connectivity index (χ4v) is 2.46. The van der Waals surface area contributed by atoms with Crippen LogP contribution < -0.4 is 10.2 Å². The molecule has 8 nitrogen and oxygen atoms in total. The second kappa shape index (κ2) is 7.89. The first-order chi connectivity index (χ1) is 12.2. The standard InChI is InChI=1S/C16H17F2N3O5/c1-20(7-6-14(23)24)13(22)5-3-11-15(25)21(16(26)19-11)12-4-2-9(17)8-10(12)18/h2,4,8,11H,3,5-7H2,1H3,(H,19,26)(H,23,24)/t11-/m1/s1. The molecule has 2 rings (SSSR count). The van der Waals surface area contributed by atoms with Crippen LogP contribution in [-0.4, -0.2) is 53.5 Å². The zero-order chi connectivity index (χ0) is 19.4. The van der Waals surface area contributed by atoms with Crippen molar-refractivity contribution in [3.05, 3.63) is 29.8 Å². The third-order valence-electron chi connectivity index (χ3n) is 3.90. The van der Waals surface area contributed by atoms with E-state index in [1.54, 1.807) is 0 Å². The SMILES string of the molecule is CN(CCC(=O)O)C(=O)CC[C@H]1NC(=O)N(c2ccc(F)cc2F)C1=O. The van der Waals surface area contributed by atoms with Gasteiger partial charge in [-0.25, -0.2) is 18.5 Å². The Balaban J connectivity index is 1.98. The summed E-state index contributed by atoms with van der Waals surface area (Å²) in [6.45, 7) is 0.0199. The van der Waals surface area contributed by atoms with E-state index in [0.29, 0.717) is 11.0 Å². The van der Waals surface area contributed by atoms with Crippen LogP contribution in [0, 0.1) is 11.6 Å². The summed E-state index contributed by atoms with van der Waals surface area (Å²) in [5.74, 6) is -4.08. The minimum absolute atomic E-state index is 0.0199. The highest BCUT2D eigenvalue weighted by atomic mass is 19.1. The van der Waals surface area contributed by atoms with E-state index in [0.717, 1.165) is 12.1 Å². The van der Waals surface area contributed by atoms with Crippen LogP contribution in [0.15, 0.2) is 18.2 Å². The van der Waals surface area contributed by atoms with Crippen LogP contribution in [0.3, 0.4) is 0 Å². The third-order valence-corrected chi connectivity index (χ3v) is 3.90. The molecular formula is C16H17F2N3O5. The number of nitrogens with zero attached hydrogens (tertiary/aromatic N) is 2. The monoisotopic (exact) mass is 369 g/mol. The summed E-state index contributed by atoms with van der Waals surface area (Å²) in [6, 6.07) is 0.577. The minimum atomic E-state index is -1.06. The van der Waals surface area contributed by atoms with Gasteiger partial charge in [-0.05, 0) is 18.6 Å². The highest BCUT2D eigenvalue weighted by Gasteiger charge is 2.40. The zero-order valence-electron chi connectivity index (χ0n) is 13.9. The van der Waals surface area contributed by atoms with Gasteiger partial charge in [0.15, 0.2) is 0 Å². The third kappa shape index (κ3) is 4.32. The number of hydrogen-bond donors (Lipinski definition) is 2. The lowest BCUT2D eigenvalue weighted by Crippen LogP contribution is -2.34. The number of rotatable bonds is 7. The van der Waals surface area contributed by atoms with Crippen molar-refractivity contribution >= 4 is 29.5 Å². The van der Waals surface area contributed by atoms with Crippen LogP contribution >= 0.6 is 0 Å². The number of carboxylic acids is 1. The van der Waals surface area contributed by atoms with Gasteiger partial charge in [-0.1, -0.05) is 0 Å². The zero-order valence-corrected chi connectivity index (χ0v) is 13.9. The number of benzene rings is 1. The second-order valence-corrected chi connectivity index (χ2v) is 5.77. The highest BCUT2D eigenvalue weighted by molar-refractivity contribution is 6.21. The predicted molar refractivity (Wildman–Crippen MR) is 85.3 cm³/mol. The lowest BCUT2D eigenvalue weighted by Gasteiger charge is -2.17. The van der Waals surface area contributed by atoms with Crippen molar-refractivity contribution in [1.82, 2.24) is 10.2 Å². The minimum Gasteiger partial charge on any atom is -0.481 e. The number of halogens is 2. The molecule has 1 atom stereocenters. The number of anilines is 1. The molecule has 1 fully saturated rings. The summed E-state index contributed by atoms with van der Waals surface area (Å²) in [4.78, 5) is 48.5. The molecule has 1 aliphatic heterocycles.